The van der Waals surface area contributed by atoms with Crippen LogP contribution < -0.4 is 47.7 Å². The molecule has 0 fully saturated rings. The summed E-state index contributed by atoms with van der Waals surface area (Å²) in [5.41, 5.74) is 11.8. The summed E-state index contributed by atoms with van der Waals surface area (Å²) in [7, 11) is -4.69. The number of benzene rings is 5. The molecule has 22 heteroatoms. The number of carbonyl (C=O) groups excluding carboxylic acids is 6. The minimum absolute atomic E-state index is 0.0673. The number of guanidine groups is 1. The zero-order valence-corrected chi connectivity index (χ0v) is 43.4. The number of carbonyl (C=O) groups is 6. The van der Waals surface area contributed by atoms with E-state index in [1.54, 1.807) is 67.6 Å². The first-order chi connectivity index (χ1) is 37.1. The van der Waals surface area contributed by atoms with Gasteiger partial charge in [-0.15, -0.1) is 0 Å². The van der Waals surface area contributed by atoms with E-state index in [1.165, 1.54) is 12.1 Å². The molecule has 5 aromatic rings. The molecule has 21 nitrogen and oxygen atoms in total. The van der Waals surface area contributed by atoms with Gasteiger partial charge in [-0.3, -0.25) is 23.7 Å². The summed E-state index contributed by atoms with van der Waals surface area (Å²) >= 11 is 0. The van der Waals surface area contributed by atoms with Gasteiger partial charge < -0.3 is 57.5 Å². The van der Waals surface area contributed by atoms with Crippen molar-refractivity contribution >= 4 is 51.8 Å². The van der Waals surface area contributed by atoms with E-state index in [9.17, 15) is 46.8 Å². The number of fused-ring (bicyclic) bond motifs is 3. The lowest BCUT2D eigenvalue weighted by atomic mass is 9.90. The number of phenolic OH excluding ortho intramolecular Hbond substituents is 1. The first-order valence-electron chi connectivity index (χ1n) is 25.2. The first-order valence-corrected chi connectivity index (χ1v) is 26.8. The number of nitrogens with two attached hydrogens (primary N) is 1. The number of rotatable bonds is 27. The summed E-state index contributed by atoms with van der Waals surface area (Å²) in [4.78, 5) is 81.8. The van der Waals surface area contributed by atoms with Gasteiger partial charge in [0.2, 0.25) is 23.6 Å². The molecule has 11 N–H and O–H groups in total. The van der Waals surface area contributed by atoms with Gasteiger partial charge in [0, 0.05) is 45.1 Å². The van der Waals surface area contributed by atoms with Crippen LogP contribution in [0.25, 0.3) is 11.1 Å². The smallest absolute Gasteiger partial charge is 0.407 e. The van der Waals surface area contributed by atoms with Crippen molar-refractivity contribution in [1.29, 1.82) is 0 Å². The SMILES string of the molecule is CCC(=O)NCCNC(=O)/N=C(/N)NCCC[C@@H](NC(=O)C(c1ccccc1)c1cccc(OCCCCNC(=O)[C@H](CS(=O)(=O)O)NC(=O)OCC2c3ccccc3-c3ccccc32)c1)C(=O)NCc1ccc(O)cc1. The van der Waals surface area contributed by atoms with Crippen molar-refractivity contribution in [2.45, 2.75) is 69.5 Å². The van der Waals surface area contributed by atoms with Crippen LogP contribution in [-0.2, 0) is 40.6 Å². The molecule has 0 aliphatic heterocycles. The quantitative estimate of drug-likeness (QED) is 0.0152. The molecule has 1 aliphatic carbocycles. The Balaban J connectivity index is 1.02. The van der Waals surface area contributed by atoms with Crippen molar-refractivity contribution < 1.29 is 56.3 Å². The van der Waals surface area contributed by atoms with Crippen LogP contribution in [0.1, 0.15) is 78.7 Å². The number of aromatic hydroxyl groups is 1. The molecule has 408 valence electrons. The first kappa shape index (κ1) is 57.8. The van der Waals surface area contributed by atoms with E-state index in [0.29, 0.717) is 48.1 Å². The van der Waals surface area contributed by atoms with Crippen molar-refractivity contribution in [3.63, 3.8) is 0 Å². The topological polar surface area (TPSA) is 318 Å². The van der Waals surface area contributed by atoms with Crippen LogP contribution in [-0.4, -0.2) is 117 Å². The molecule has 1 unspecified atom stereocenters. The maximum absolute atomic E-state index is 14.5. The Morgan fingerprint density at radius 2 is 1.30 bits per heavy atom. The van der Waals surface area contributed by atoms with Gasteiger partial charge in [0.1, 0.15) is 35.9 Å². The average molecular weight is 1080 g/mol. The zero-order valence-electron chi connectivity index (χ0n) is 42.5. The Hall–Kier alpha value is -8.50. The third kappa shape index (κ3) is 18.4. The fraction of sp³-hybridized carbons (Fsp3) is 0.327. The number of aliphatic imine (C=N–C) groups is 1. The second-order valence-electron chi connectivity index (χ2n) is 18.0. The van der Waals surface area contributed by atoms with E-state index in [4.69, 9.17) is 15.2 Å². The van der Waals surface area contributed by atoms with Crippen LogP contribution in [0, 0.1) is 0 Å². The summed E-state index contributed by atoms with van der Waals surface area (Å²) in [6.07, 6.45) is 0.556. The molecule has 7 amide bonds. The molecule has 77 heavy (non-hydrogen) atoms. The van der Waals surface area contributed by atoms with Gasteiger partial charge >= 0.3 is 12.1 Å². The number of hydrogen-bond acceptors (Lipinski definition) is 11. The van der Waals surface area contributed by atoms with E-state index in [0.717, 1.165) is 22.3 Å². The number of nitrogens with zero attached hydrogens (tertiary/aromatic N) is 1. The molecule has 0 bridgehead atoms. The number of nitrogens with one attached hydrogen (secondary N) is 7. The highest BCUT2D eigenvalue weighted by Gasteiger charge is 2.32. The highest BCUT2D eigenvalue weighted by molar-refractivity contribution is 7.85. The summed E-state index contributed by atoms with van der Waals surface area (Å²) < 4.78 is 45.0. The second-order valence-corrected chi connectivity index (χ2v) is 19.5. The van der Waals surface area contributed by atoms with E-state index in [-0.39, 0.29) is 75.9 Å². The number of alkyl carbamates (subject to hydrolysis) is 1. The molecule has 0 radical (unpaired) electrons. The fourth-order valence-electron chi connectivity index (χ4n) is 8.51. The third-order valence-corrected chi connectivity index (χ3v) is 13.1. The lowest BCUT2D eigenvalue weighted by Crippen LogP contribution is -2.50. The molecule has 1 aliphatic rings. The number of urea groups is 1. The lowest BCUT2D eigenvalue weighted by Gasteiger charge is -2.24. The van der Waals surface area contributed by atoms with Crippen molar-refractivity contribution in [2.24, 2.45) is 10.7 Å². The summed E-state index contributed by atoms with van der Waals surface area (Å²) in [5, 5.41) is 28.4. The van der Waals surface area contributed by atoms with E-state index in [2.05, 4.69) is 42.2 Å². The minimum Gasteiger partial charge on any atom is -0.508 e. The number of amides is 7. The van der Waals surface area contributed by atoms with Crippen LogP contribution in [0.3, 0.4) is 0 Å². The van der Waals surface area contributed by atoms with Gasteiger partial charge in [-0.1, -0.05) is 110 Å². The predicted molar refractivity (Wildman–Crippen MR) is 288 cm³/mol. The molecule has 0 aromatic heterocycles. The van der Waals surface area contributed by atoms with Gasteiger partial charge in [-0.25, -0.2) is 9.59 Å². The van der Waals surface area contributed by atoms with Gasteiger partial charge in [0.15, 0.2) is 5.96 Å². The molecular formula is C55H65N9O12S. The maximum Gasteiger partial charge on any atom is 0.407 e. The Labute approximate surface area is 446 Å². The summed E-state index contributed by atoms with van der Waals surface area (Å²) in [5.74, 6) is -3.85. The van der Waals surface area contributed by atoms with Crippen LogP contribution in [0.4, 0.5) is 9.59 Å². The van der Waals surface area contributed by atoms with Crippen LogP contribution >= 0.6 is 0 Å². The maximum atomic E-state index is 14.5. The second kappa shape index (κ2) is 29.0. The van der Waals surface area contributed by atoms with E-state index in [1.807, 2.05) is 54.6 Å². The van der Waals surface area contributed by atoms with Crippen LogP contribution in [0.5, 0.6) is 11.5 Å². The molecule has 5 aromatic carbocycles. The zero-order chi connectivity index (χ0) is 55.2. The van der Waals surface area contributed by atoms with Gasteiger partial charge in [0.05, 0.1) is 12.5 Å². The summed E-state index contributed by atoms with van der Waals surface area (Å²) in [6.45, 7) is 2.58. The molecule has 3 atom stereocenters. The van der Waals surface area contributed by atoms with E-state index >= 15 is 0 Å². The third-order valence-electron chi connectivity index (χ3n) is 12.3. The average Bonchev–Trinajstić information content (AvgIpc) is 3.87. The molecule has 6 rings (SSSR count). The molecule has 0 saturated heterocycles. The molecule has 0 spiro atoms. The van der Waals surface area contributed by atoms with Crippen molar-refractivity contribution in [3.8, 4) is 22.6 Å². The highest BCUT2D eigenvalue weighted by atomic mass is 32.2. The number of ether oxygens (including phenoxy) is 2. The van der Waals surface area contributed by atoms with Crippen LogP contribution in [0.15, 0.2) is 132 Å². The van der Waals surface area contributed by atoms with Gasteiger partial charge in [0.25, 0.3) is 10.1 Å². The summed E-state index contributed by atoms with van der Waals surface area (Å²) in [6, 6.07) is 34.3. The van der Waals surface area contributed by atoms with Gasteiger partial charge in [-0.05, 0) is 88.9 Å². The number of phenols is 1. The Morgan fingerprint density at radius 1 is 0.662 bits per heavy atom. The Kier molecular flexibility index (Phi) is 21.7. The standard InChI is InChI=1S/C55H65N9O12S/c1-2-48(66)57-29-30-60-54(70)64-53(56)59-28-13-22-46(50(67)61-33-36-23-25-39(65)26-24-36)62-52(69)49(37-14-4-3-5-15-37)38-16-12-17-40(32-38)75-31-11-10-27-58-51(68)47(35-77(72,73)74)63-55(71)76-34-45-43-20-8-6-18-41(43)42-19-7-9-21-44(42)45/h3-9,12,14-21,23-26,32,45-47,49,65H,2,10-11,13,22,27-31,33-35H2,1H3,(H,57,66)(H,58,68)(H,61,67)(H,62,69)(H,63,71)(H,72,73,74)(H4,56,59,60,64,70)/t46-,47+,49?/m1/s1. The minimum atomic E-state index is -4.69. The van der Waals surface area contributed by atoms with Crippen molar-refractivity contribution in [2.75, 3.05) is 45.1 Å². The number of unbranched alkanes of at least 4 members (excludes halogenated alkanes) is 1. The molecule has 0 heterocycles. The fourth-order valence-corrected chi connectivity index (χ4v) is 9.17. The van der Waals surface area contributed by atoms with Gasteiger partial charge in [-0.2, -0.15) is 13.4 Å². The van der Waals surface area contributed by atoms with Crippen LogP contribution in [0.2, 0.25) is 0 Å². The van der Waals surface area contributed by atoms with Crippen molar-refractivity contribution in [3.05, 3.63) is 155 Å². The monoisotopic (exact) mass is 1080 g/mol. The van der Waals surface area contributed by atoms with E-state index < -0.39 is 63.7 Å². The molecular weight excluding hydrogens is 1010 g/mol. The largest absolute Gasteiger partial charge is 0.508 e. The van der Waals surface area contributed by atoms with Crippen molar-refractivity contribution in [1.82, 2.24) is 37.2 Å². The Bertz CT molecular complexity index is 2920. The Morgan fingerprint density at radius 3 is 1.99 bits per heavy atom. The predicted octanol–water partition coefficient (Wildman–Crippen LogP) is 4.32. The number of hydrogen-bond donors (Lipinski definition) is 10. The highest BCUT2D eigenvalue weighted by Crippen LogP contribution is 2.44. The normalized spacial score (nSPS) is 13.1. The molecule has 0 saturated carbocycles. The lowest BCUT2D eigenvalue weighted by molar-refractivity contribution is -0.129.